The Morgan fingerprint density at radius 3 is 2.77 bits per heavy atom. The van der Waals surface area contributed by atoms with E-state index < -0.39 is 0 Å². The van der Waals surface area contributed by atoms with Crippen LogP contribution in [0.4, 0.5) is 5.13 Å². The highest BCUT2D eigenvalue weighted by atomic mass is 32.1. The van der Waals surface area contributed by atoms with Gasteiger partial charge in [-0.2, -0.15) is 5.10 Å². The lowest BCUT2D eigenvalue weighted by Crippen LogP contribution is -2.19. The first kappa shape index (κ1) is 16.9. The number of nitrogens with zero attached hydrogens (tertiary/aromatic N) is 4. The number of nitrogens with one attached hydrogen (secondary N) is 1. The van der Waals surface area contributed by atoms with Crippen LogP contribution in [0.2, 0.25) is 0 Å². The summed E-state index contributed by atoms with van der Waals surface area (Å²) >= 11 is 3.15. The highest BCUT2D eigenvalue weighted by Crippen LogP contribution is 2.32. The van der Waals surface area contributed by atoms with Crippen molar-refractivity contribution in [1.82, 2.24) is 19.7 Å². The van der Waals surface area contributed by atoms with E-state index in [2.05, 4.69) is 26.4 Å². The van der Waals surface area contributed by atoms with E-state index in [1.54, 1.807) is 22.2 Å². The first-order valence-electron chi connectivity index (χ1n) is 8.13. The molecule has 0 fully saturated rings. The fourth-order valence-corrected chi connectivity index (χ4v) is 4.44. The van der Waals surface area contributed by atoms with Crippen molar-refractivity contribution >= 4 is 44.7 Å². The molecule has 1 N–H and O–H groups in total. The third kappa shape index (κ3) is 3.02. The molecule has 0 aromatic carbocycles. The fraction of sp³-hybridized carbons (Fsp3) is 0.222. The summed E-state index contributed by atoms with van der Waals surface area (Å²) in [7, 11) is 0. The molecule has 8 heteroatoms. The van der Waals surface area contributed by atoms with Crippen molar-refractivity contribution in [3.05, 3.63) is 46.0 Å². The minimum absolute atomic E-state index is 0.100. The SMILES string of the molecule is Cc1nc(NC(=O)Cn2nc(C)c3c(-c4cccs4)ccnc32)sc1C. The molecule has 4 aromatic heterocycles. The van der Waals surface area contributed by atoms with Crippen LogP contribution in [-0.2, 0) is 11.3 Å². The molecule has 0 aliphatic rings. The van der Waals surface area contributed by atoms with Crippen molar-refractivity contribution in [2.75, 3.05) is 5.32 Å². The lowest BCUT2D eigenvalue weighted by Gasteiger charge is -2.04. The van der Waals surface area contributed by atoms with Gasteiger partial charge in [0.1, 0.15) is 6.54 Å². The molecule has 0 atom stereocenters. The molecule has 0 aliphatic heterocycles. The second-order valence-electron chi connectivity index (χ2n) is 5.99. The maximum Gasteiger partial charge on any atom is 0.247 e. The van der Waals surface area contributed by atoms with Crippen LogP contribution in [-0.4, -0.2) is 25.7 Å². The number of aromatic nitrogens is 4. The van der Waals surface area contributed by atoms with Gasteiger partial charge in [0.05, 0.1) is 16.8 Å². The summed E-state index contributed by atoms with van der Waals surface area (Å²) in [4.78, 5) is 23.5. The molecule has 6 nitrogen and oxygen atoms in total. The zero-order valence-corrected chi connectivity index (χ0v) is 16.2. The van der Waals surface area contributed by atoms with Crippen LogP contribution in [0, 0.1) is 20.8 Å². The van der Waals surface area contributed by atoms with Crippen LogP contribution in [0.5, 0.6) is 0 Å². The Morgan fingerprint density at radius 1 is 1.23 bits per heavy atom. The standard InChI is InChI=1S/C18H17N5OS2/c1-10-12(3)26-18(20-10)21-15(24)9-23-17-16(11(2)22-23)13(6-7-19-17)14-5-4-8-25-14/h4-8H,9H2,1-3H3,(H,20,21,24). The van der Waals surface area contributed by atoms with Gasteiger partial charge in [0, 0.05) is 21.5 Å². The van der Waals surface area contributed by atoms with Crippen LogP contribution in [0.3, 0.4) is 0 Å². The normalized spacial score (nSPS) is 11.2. The van der Waals surface area contributed by atoms with Gasteiger partial charge in [-0.05, 0) is 38.3 Å². The van der Waals surface area contributed by atoms with Crippen LogP contribution in [0.25, 0.3) is 21.5 Å². The molecule has 1 amide bonds. The molecule has 4 heterocycles. The molecule has 4 rings (SSSR count). The average Bonchev–Trinajstić information content (AvgIpc) is 3.30. The van der Waals surface area contributed by atoms with Crippen molar-refractivity contribution in [1.29, 1.82) is 0 Å². The van der Waals surface area contributed by atoms with E-state index in [4.69, 9.17) is 0 Å². The van der Waals surface area contributed by atoms with Crippen molar-refractivity contribution in [2.45, 2.75) is 27.3 Å². The summed E-state index contributed by atoms with van der Waals surface area (Å²) in [6, 6.07) is 6.10. The van der Waals surface area contributed by atoms with Gasteiger partial charge >= 0.3 is 0 Å². The number of amides is 1. The van der Waals surface area contributed by atoms with Crippen molar-refractivity contribution in [2.24, 2.45) is 0 Å². The van der Waals surface area contributed by atoms with Gasteiger partial charge < -0.3 is 5.32 Å². The largest absolute Gasteiger partial charge is 0.300 e. The van der Waals surface area contributed by atoms with E-state index in [9.17, 15) is 4.79 Å². The number of fused-ring (bicyclic) bond motifs is 1. The summed E-state index contributed by atoms with van der Waals surface area (Å²) in [6.45, 7) is 5.97. The highest BCUT2D eigenvalue weighted by Gasteiger charge is 2.17. The number of aryl methyl sites for hydroxylation is 3. The highest BCUT2D eigenvalue weighted by molar-refractivity contribution is 7.15. The molecule has 4 aromatic rings. The minimum Gasteiger partial charge on any atom is -0.300 e. The number of rotatable bonds is 4. The summed E-state index contributed by atoms with van der Waals surface area (Å²) in [5.74, 6) is -0.161. The van der Waals surface area contributed by atoms with Gasteiger partial charge in [0.2, 0.25) is 5.91 Å². The Labute approximate surface area is 158 Å². The number of thiazole rings is 1. The average molecular weight is 384 g/mol. The number of thiophene rings is 1. The summed E-state index contributed by atoms with van der Waals surface area (Å²) in [5, 5.41) is 11.0. The number of hydrogen-bond donors (Lipinski definition) is 1. The lowest BCUT2D eigenvalue weighted by molar-refractivity contribution is -0.116. The Bertz CT molecular complexity index is 1080. The van der Waals surface area contributed by atoms with Crippen molar-refractivity contribution in [3.63, 3.8) is 0 Å². The minimum atomic E-state index is -0.161. The summed E-state index contributed by atoms with van der Waals surface area (Å²) < 4.78 is 1.66. The van der Waals surface area contributed by atoms with Crippen LogP contribution in [0.15, 0.2) is 29.8 Å². The van der Waals surface area contributed by atoms with E-state index >= 15 is 0 Å². The van der Waals surface area contributed by atoms with E-state index in [1.807, 2.05) is 38.3 Å². The number of hydrogen-bond acceptors (Lipinski definition) is 6. The molecule has 0 saturated heterocycles. The van der Waals surface area contributed by atoms with Gasteiger partial charge in [0.25, 0.3) is 0 Å². The molecular formula is C18H17N5OS2. The van der Waals surface area contributed by atoms with Gasteiger partial charge in [-0.1, -0.05) is 6.07 Å². The second kappa shape index (κ2) is 6.62. The second-order valence-corrected chi connectivity index (χ2v) is 8.14. The Hall–Kier alpha value is -2.58. The zero-order chi connectivity index (χ0) is 18.3. The number of pyridine rings is 1. The Balaban J connectivity index is 1.65. The van der Waals surface area contributed by atoms with Gasteiger partial charge in [-0.3, -0.25) is 4.79 Å². The van der Waals surface area contributed by atoms with E-state index in [-0.39, 0.29) is 12.5 Å². The zero-order valence-electron chi connectivity index (χ0n) is 14.6. The molecule has 0 radical (unpaired) electrons. The maximum atomic E-state index is 12.4. The Morgan fingerprint density at radius 2 is 2.08 bits per heavy atom. The van der Waals surface area contributed by atoms with Crippen LogP contribution in [0.1, 0.15) is 16.3 Å². The molecule has 0 spiro atoms. The quantitative estimate of drug-likeness (QED) is 0.574. The van der Waals surface area contributed by atoms with Crippen molar-refractivity contribution in [3.8, 4) is 10.4 Å². The van der Waals surface area contributed by atoms with E-state index in [0.29, 0.717) is 5.13 Å². The molecule has 132 valence electrons. The predicted octanol–water partition coefficient (Wildman–Crippen LogP) is 4.18. The van der Waals surface area contributed by atoms with Crippen molar-refractivity contribution < 1.29 is 4.79 Å². The molecule has 0 unspecified atom stereocenters. The molecule has 0 bridgehead atoms. The first-order chi connectivity index (χ1) is 12.5. The Kier molecular flexibility index (Phi) is 4.29. The van der Waals surface area contributed by atoms with E-state index in [0.717, 1.165) is 32.9 Å². The first-order valence-corrected chi connectivity index (χ1v) is 9.82. The van der Waals surface area contributed by atoms with E-state index in [1.165, 1.54) is 16.2 Å². The topological polar surface area (TPSA) is 72.7 Å². The summed E-state index contributed by atoms with van der Waals surface area (Å²) in [6.07, 6.45) is 1.76. The number of carbonyl (C=O) groups is 1. The monoisotopic (exact) mass is 383 g/mol. The molecule has 0 aliphatic carbocycles. The lowest BCUT2D eigenvalue weighted by atomic mass is 10.1. The number of anilines is 1. The number of carbonyl (C=O) groups excluding carboxylic acids is 1. The third-order valence-corrected chi connectivity index (χ3v) is 6.05. The molecule has 26 heavy (non-hydrogen) atoms. The predicted molar refractivity (Wildman–Crippen MR) is 106 cm³/mol. The van der Waals surface area contributed by atoms with Gasteiger partial charge in [0.15, 0.2) is 10.8 Å². The molecule has 0 saturated carbocycles. The van der Waals surface area contributed by atoms with Gasteiger partial charge in [-0.15, -0.1) is 22.7 Å². The van der Waals surface area contributed by atoms with Crippen LogP contribution >= 0.6 is 22.7 Å². The molecular weight excluding hydrogens is 366 g/mol. The fourth-order valence-electron chi connectivity index (χ4n) is 2.85. The summed E-state index contributed by atoms with van der Waals surface area (Å²) in [5.41, 5.74) is 3.62. The smallest absolute Gasteiger partial charge is 0.247 e. The maximum absolute atomic E-state index is 12.4. The van der Waals surface area contributed by atoms with Crippen LogP contribution < -0.4 is 5.32 Å². The third-order valence-electron chi connectivity index (χ3n) is 4.16. The van der Waals surface area contributed by atoms with Gasteiger partial charge in [-0.25, -0.2) is 14.6 Å².